The van der Waals surface area contributed by atoms with E-state index in [0.29, 0.717) is 12.4 Å². The smallest absolute Gasteiger partial charge is 0.277 e. The fourth-order valence-electron chi connectivity index (χ4n) is 2.27. The van der Waals surface area contributed by atoms with Crippen molar-refractivity contribution in [1.29, 1.82) is 0 Å². The van der Waals surface area contributed by atoms with Crippen molar-refractivity contribution < 1.29 is 14.3 Å². The third-order valence-electron chi connectivity index (χ3n) is 3.44. The lowest BCUT2D eigenvalue weighted by molar-refractivity contribution is -0.123. The Bertz CT molecular complexity index is 696. The Morgan fingerprint density at radius 3 is 2.56 bits per heavy atom. The third kappa shape index (κ3) is 6.30. The maximum Gasteiger partial charge on any atom is 0.277 e. The highest BCUT2D eigenvalue weighted by Crippen LogP contribution is 2.15. The van der Waals surface area contributed by atoms with Crippen molar-refractivity contribution in [3.8, 4) is 11.5 Å². The molecule has 0 aliphatic carbocycles. The summed E-state index contributed by atoms with van der Waals surface area (Å²) in [6.45, 7) is 4.55. The fraction of sp³-hybridized carbons (Fsp3) is 0.300. The first-order chi connectivity index (χ1) is 12.2. The summed E-state index contributed by atoms with van der Waals surface area (Å²) in [7, 11) is 0. The summed E-state index contributed by atoms with van der Waals surface area (Å²) in [5.74, 6) is 1.08. The molecule has 0 atom stereocenters. The van der Waals surface area contributed by atoms with Gasteiger partial charge in [-0.25, -0.2) is 5.43 Å². The van der Waals surface area contributed by atoms with Gasteiger partial charge in [-0.05, 0) is 43.2 Å². The van der Waals surface area contributed by atoms with Gasteiger partial charge in [0, 0.05) is 5.56 Å². The van der Waals surface area contributed by atoms with Crippen molar-refractivity contribution in [1.82, 2.24) is 5.43 Å². The van der Waals surface area contributed by atoms with Crippen LogP contribution in [0.3, 0.4) is 0 Å². The largest absolute Gasteiger partial charge is 0.493 e. The number of hydrogen-bond acceptors (Lipinski definition) is 4. The van der Waals surface area contributed by atoms with Gasteiger partial charge in [-0.3, -0.25) is 4.79 Å². The van der Waals surface area contributed by atoms with E-state index in [1.165, 1.54) is 5.56 Å². The van der Waals surface area contributed by atoms with Gasteiger partial charge in [0.2, 0.25) is 0 Å². The van der Waals surface area contributed by atoms with Crippen LogP contribution in [-0.4, -0.2) is 25.3 Å². The van der Waals surface area contributed by atoms with Gasteiger partial charge < -0.3 is 9.47 Å². The molecule has 1 amide bonds. The van der Waals surface area contributed by atoms with Crippen molar-refractivity contribution in [2.75, 3.05) is 13.2 Å². The Kier molecular flexibility index (Phi) is 7.50. The van der Waals surface area contributed by atoms with E-state index < -0.39 is 0 Å². The highest BCUT2D eigenvalue weighted by Gasteiger charge is 2.03. The Labute approximate surface area is 148 Å². The van der Waals surface area contributed by atoms with E-state index in [1.807, 2.05) is 55.5 Å². The summed E-state index contributed by atoms with van der Waals surface area (Å²) >= 11 is 0. The molecule has 2 rings (SSSR count). The van der Waals surface area contributed by atoms with Crippen LogP contribution in [-0.2, 0) is 11.2 Å². The minimum atomic E-state index is -0.317. The number of amides is 1. The van der Waals surface area contributed by atoms with Gasteiger partial charge in [0.1, 0.15) is 11.5 Å². The number of hydrazone groups is 1. The average Bonchev–Trinajstić information content (AvgIpc) is 2.63. The number of ether oxygens (including phenoxy) is 2. The molecule has 2 aromatic carbocycles. The number of nitrogens with one attached hydrogen (secondary N) is 1. The number of rotatable bonds is 9. The summed E-state index contributed by atoms with van der Waals surface area (Å²) in [5.41, 5.74) is 4.52. The van der Waals surface area contributed by atoms with E-state index in [9.17, 15) is 4.79 Å². The van der Waals surface area contributed by atoms with Gasteiger partial charge in [-0.1, -0.05) is 37.6 Å². The van der Waals surface area contributed by atoms with E-state index in [-0.39, 0.29) is 12.5 Å². The lowest BCUT2D eigenvalue weighted by atomic mass is 10.1. The molecule has 132 valence electrons. The van der Waals surface area contributed by atoms with Crippen molar-refractivity contribution in [3.63, 3.8) is 0 Å². The van der Waals surface area contributed by atoms with E-state index in [4.69, 9.17) is 9.47 Å². The summed E-state index contributed by atoms with van der Waals surface area (Å²) < 4.78 is 11.0. The Morgan fingerprint density at radius 2 is 1.84 bits per heavy atom. The highest BCUT2D eigenvalue weighted by atomic mass is 16.5. The number of carbonyl (C=O) groups is 1. The zero-order chi connectivity index (χ0) is 17.9. The highest BCUT2D eigenvalue weighted by molar-refractivity contribution is 5.85. The van der Waals surface area contributed by atoms with Crippen LogP contribution in [0.15, 0.2) is 53.6 Å². The molecule has 5 heteroatoms. The fourth-order valence-corrected chi connectivity index (χ4v) is 2.27. The predicted molar refractivity (Wildman–Crippen MR) is 99.3 cm³/mol. The molecule has 0 radical (unpaired) electrons. The van der Waals surface area contributed by atoms with Crippen LogP contribution in [0.25, 0.3) is 0 Å². The number of carbonyl (C=O) groups excluding carboxylic acids is 1. The van der Waals surface area contributed by atoms with Crippen molar-refractivity contribution >= 4 is 12.1 Å². The molecule has 0 heterocycles. The van der Waals surface area contributed by atoms with Crippen molar-refractivity contribution in [2.24, 2.45) is 5.10 Å². The quantitative estimate of drug-likeness (QED) is 0.561. The monoisotopic (exact) mass is 340 g/mol. The zero-order valence-corrected chi connectivity index (χ0v) is 14.7. The molecule has 0 aliphatic rings. The molecule has 0 saturated heterocycles. The molecule has 0 spiro atoms. The molecule has 25 heavy (non-hydrogen) atoms. The van der Waals surface area contributed by atoms with Crippen molar-refractivity contribution in [3.05, 3.63) is 59.7 Å². The minimum Gasteiger partial charge on any atom is -0.493 e. The maximum absolute atomic E-state index is 11.8. The van der Waals surface area contributed by atoms with E-state index in [2.05, 4.69) is 17.5 Å². The first-order valence-electron chi connectivity index (χ1n) is 8.48. The van der Waals surface area contributed by atoms with Crippen LogP contribution in [0.2, 0.25) is 0 Å². The summed E-state index contributed by atoms with van der Waals surface area (Å²) in [6.07, 6.45) is 3.70. The van der Waals surface area contributed by atoms with Crippen LogP contribution in [0, 0.1) is 0 Å². The first kappa shape index (κ1) is 18.5. The predicted octanol–water partition coefficient (Wildman–Crippen LogP) is 3.57. The second-order valence-electron chi connectivity index (χ2n) is 5.45. The van der Waals surface area contributed by atoms with Crippen LogP contribution >= 0.6 is 0 Å². The second-order valence-corrected chi connectivity index (χ2v) is 5.45. The van der Waals surface area contributed by atoms with E-state index in [0.717, 1.165) is 24.2 Å². The number of benzene rings is 2. The van der Waals surface area contributed by atoms with E-state index in [1.54, 1.807) is 6.21 Å². The lowest BCUT2D eigenvalue weighted by Crippen LogP contribution is -2.24. The van der Waals surface area contributed by atoms with Gasteiger partial charge in [0.25, 0.3) is 5.91 Å². The number of para-hydroxylation sites is 1. The Morgan fingerprint density at radius 1 is 1.08 bits per heavy atom. The SMILES string of the molecule is CCCc1ccc(OCC(=O)N/N=C\c2ccccc2OCC)cc1. The first-order valence-corrected chi connectivity index (χ1v) is 8.48. The Hall–Kier alpha value is -2.82. The minimum absolute atomic E-state index is 0.0857. The molecule has 0 bridgehead atoms. The van der Waals surface area contributed by atoms with Crippen molar-refractivity contribution in [2.45, 2.75) is 26.7 Å². The Balaban J connectivity index is 1.80. The summed E-state index contributed by atoms with van der Waals surface area (Å²) in [5, 5.41) is 3.95. The van der Waals surface area contributed by atoms with Gasteiger partial charge in [-0.15, -0.1) is 0 Å². The second kappa shape index (κ2) is 10.1. The molecule has 5 nitrogen and oxygen atoms in total. The van der Waals surface area contributed by atoms with Crippen LogP contribution in [0.1, 0.15) is 31.4 Å². The van der Waals surface area contributed by atoms with Crippen LogP contribution in [0.5, 0.6) is 11.5 Å². The molecule has 0 aromatic heterocycles. The normalized spacial score (nSPS) is 10.6. The summed E-state index contributed by atoms with van der Waals surface area (Å²) in [4.78, 5) is 11.8. The van der Waals surface area contributed by atoms with Gasteiger partial charge in [0.15, 0.2) is 6.61 Å². The van der Waals surface area contributed by atoms with Gasteiger partial charge in [0.05, 0.1) is 12.8 Å². The molecule has 0 aliphatic heterocycles. The lowest BCUT2D eigenvalue weighted by Gasteiger charge is -2.07. The molecule has 0 fully saturated rings. The van der Waals surface area contributed by atoms with Crippen LogP contribution in [0.4, 0.5) is 0 Å². The molecule has 1 N–H and O–H groups in total. The summed E-state index contributed by atoms with van der Waals surface area (Å²) in [6, 6.07) is 15.3. The van der Waals surface area contributed by atoms with Gasteiger partial charge >= 0.3 is 0 Å². The maximum atomic E-state index is 11.8. The van der Waals surface area contributed by atoms with E-state index >= 15 is 0 Å². The standard InChI is InChI=1S/C20H24N2O3/c1-3-7-16-10-12-18(13-11-16)25-15-20(23)22-21-14-17-8-5-6-9-19(17)24-4-2/h5-6,8-14H,3-4,7,15H2,1-2H3,(H,22,23)/b21-14-. The third-order valence-corrected chi connectivity index (χ3v) is 3.44. The molecule has 0 saturated carbocycles. The molecular formula is C20H24N2O3. The van der Waals surface area contributed by atoms with Gasteiger partial charge in [-0.2, -0.15) is 5.10 Å². The number of aryl methyl sites for hydroxylation is 1. The molecule has 0 unspecified atom stereocenters. The number of hydrogen-bond donors (Lipinski definition) is 1. The topological polar surface area (TPSA) is 59.9 Å². The molecule has 2 aromatic rings. The molecular weight excluding hydrogens is 316 g/mol. The number of nitrogens with zero attached hydrogens (tertiary/aromatic N) is 1. The zero-order valence-electron chi connectivity index (χ0n) is 14.7. The van der Waals surface area contributed by atoms with Crippen LogP contribution < -0.4 is 14.9 Å². The average molecular weight is 340 g/mol.